The van der Waals surface area contributed by atoms with E-state index in [9.17, 15) is 5.11 Å². The number of hydrogen-bond donors (Lipinski definition) is 1. The molecule has 0 aliphatic rings. The van der Waals surface area contributed by atoms with Crippen LogP contribution in [0.1, 0.15) is 11.7 Å². The Morgan fingerprint density at radius 2 is 1.32 bits per heavy atom. The first-order valence-corrected chi connectivity index (χ1v) is 12.3. The summed E-state index contributed by atoms with van der Waals surface area (Å²) in [6.07, 6.45) is 1.43. The normalized spacial score (nSPS) is 12.1. The van der Waals surface area contributed by atoms with Crippen LogP contribution in [0.2, 0.25) is 0 Å². The average molecular weight is 486 g/mol. The van der Waals surface area contributed by atoms with E-state index >= 15 is 0 Å². The highest BCUT2D eigenvalue weighted by Crippen LogP contribution is 2.36. The molecule has 2 heterocycles. The molecule has 5 heteroatoms. The zero-order chi connectivity index (χ0) is 25.2. The van der Waals surface area contributed by atoms with Gasteiger partial charge in [0, 0.05) is 22.9 Å². The molecule has 1 unspecified atom stereocenters. The number of imidazole rings is 2. The van der Waals surface area contributed by atoms with Crippen LogP contribution >= 0.6 is 0 Å². The number of hydrogen-bond acceptors (Lipinski definition) is 3. The molecule has 0 fully saturated rings. The van der Waals surface area contributed by atoms with Crippen LogP contribution in [-0.2, 0) is 6.54 Å². The molecule has 0 aliphatic carbocycles. The summed E-state index contributed by atoms with van der Waals surface area (Å²) in [6, 6.07) is 38.3. The standard InChI is InChI=1S/C32H27N3O2/c1-37-27-19-17-23(18-20-27)28-21-35-31(26-15-9-4-10-16-26)30(25-13-7-3-8-14-25)33-32(35)34(28)22-29(36)24-11-5-2-6-12-24/h2-21,29,36H,22H2,1H3. The largest absolute Gasteiger partial charge is 0.497 e. The Morgan fingerprint density at radius 3 is 1.95 bits per heavy atom. The first-order chi connectivity index (χ1) is 18.2. The van der Waals surface area contributed by atoms with Crippen LogP contribution in [0.4, 0.5) is 0 Å². The molecule has 4 aromatic carbocycles. The van der Waals surface area contributed by atoms with Gasteiger partial charge in [0.2, 0.25) is 5.78 Å². The van der Waals surface area contributed by atoms with Crippen LogP contribution in [0.3, 0.4) is 0 Å². The number of rotatable bonds is 7. The maximum atomic E-state index is 11.2. The fourth-order valence-electron chi connectivity index (χ4n) is 4.83. The predicted octanol–water partition coefficient (Wildman–Crippen LogP) is 6.88. The van der Waals surface area contributed by atoms with Gasteiger partial charge in [-0.05, 0) is 29.8 Å². The summed E-state index contributed by atoms with van der Waals surface area (Å²) in [5, 5.41) is 11.2. The second kappa shape index (κ2) is 9.80. The number of nitrogens with zero attached hydrogens (tertiary/aromatic N) is 3. The van der Waals surface area contributed by atoms with Gasteiger partial charge < -0.3 is 14.4 Å². The van der Waals surface area contributed by atoms with Gasteiger partial charge in [-0.15, -0.1) is 0 Å². The molecule has 1 N–H and O–H groups in total. The highest BCUT2D eigenvalue weighted by molar-refractivity contribution is 5.82. The van der Waals surface area contributed by atoms with Gasteiger partial charge in [-0.25, -0.2) is 4.98 Å². The van der Waals surface area contributed by atoms with Crippen molar-refractivity contribution in [2.24, 2.45) is 0 Å². The molecule has 5 nitrogen and oxygen atoms in total. The molecule has 2 aromatic heterocycles. The predicted molar refractivity (Wildman–Crippen MR) is 147 cm³/mol. The van der Waals surface area contributed by atoms with E-state index in [-0.39, 0.29) is 0 Å². The Balaban J connectivity index is 1.59. The number of aliphatic hydroxyl groups is 1. The maximum Gasteiger partial charge on any atom is 0.215 e. The Bertz CT molecular complexity index is 1620. The minimum absolute atomic E-state index is 0.362. The van der Waals surface area contributed by atoms with E-state index in [4.69, 9.17) is 9.72 Å². The molecule has 6 rings (SSSR count). The van der Waals surface area contributed by atoms with Crippen molar-refractivity contribution in [3.05, 3.63) is 127 Å². The van der Waals surface area contributed by atoms with Crippen molar-refractivity contribution in [1.82, 2.24) is 14.0 Å². The van der Waals surface area contributed by atoms with Gasteiger partial charge in [-0.2, -0.15) is 0 Å². The molecule has 0 spiro atoms. The van der Waals surface area contributed by atoms with Crippen molar-refractivity contribution in [1.29, 1.82) is 0 Å². The third-order valence-corrected chi connectivity index (χ3v) is 6.70. The second-order valence-corrected chi connectivity index (χ2v) is 8.99. The van der Waals surface area contributed by atoms with E-state index in [0.717, 1.165) is 50.9 Å². The zero-order valence-electron chi connectivity index (χ0n) is 20.5. The highest BCUT2D eigenvalue weighted by Gasteiger charge is 2.23. The molecule has 0 saturated carbocycles. The molecule has 0 amide bonds. The van der Waals surface area contributed by atoms with Crippen molar-refractivity contribution in [3.63, 3.8) is 0 Å². The summed E-state index contributed by atoms with van der Waals surface area (Å²) < 4.78 is 9.64. The third kappa shape index (κ3) is 4.30. The summed E-state index contributed by atoms with van der Waals surface area (Å²) >= 11 is 0. The molecular formula is C32H27N3O2. The van der Waals surface area contributed by atoms with Crippen LogP contribution in [0.5, 0.6) is 5.75 Å². The lowest BCUT2D eigenvalue weighted by Gasteiger charge is -2.15. The summed E-state index contributed by atoms with van der Waals surface area (Å²) in [5.41, 5.74) is 6.91. The van der Waals surface area contributed by atoms with Crippen LogP contribution in [-0.4, -0.2) is 26.2 Å². The van der Waals surface area contributed by atoms with Gasteiger partial charge in [0.25, 0.3) is 0 Å². The van der Waals surface area contributed by atoms with Crippen molar-refractivity contribution in [3.8, 4) is 39.5 Å². The molecule has 182 valence electrons. The van der Waals surface area contributed by atoms with E-state index < -0.39 is 6.10 Å². The molecule has 0 radical (unpaired) electrons. The van der Waals surface area contributed by atoms with Crippen LogP contribution in [0.15, 0.2) is 121 Å². The molecule has 0 bridgehead atoms. The SMILES string of the molecule is COc1ccc(-c2cn3c(-c4ccccc4)c(-c4ccccc4)nc3n2CC(O)c2ccccc2)cc1. The Kier molecular flexibility index (Phi) is 6.05. The first kappa shape index (κ1) is 22.8. The van der Waals surface area contributed by atoms with Gasteiger partial charge in [-0.3, -0.25) is 4.40 Å². The Morgan fingerprint density at radius 1 is 0.730 bits per heavy atom. The highest BCUT2D eigenvalue weighted by atomic mass is 16.5. The summed E-state index contributed by atoms with van der Waals surface area (Å²) in [4.78, 5) is 5.18. The van der Waals surface area contributed by atoms with Gasteiger partial charge in [0.15, 0.2) is 0 Å². The lowest BCUT2D eigenvalue weighted by molar-refractivity contribution is 0.158. The lowest BCUT2D eigenvalue weighted by atomic mass is 10.0. The quantitative estimate of drug-likeness (QED) is 0.268. The fourth-order valence-corrected chi connectivity index (χ4v) is 4.83. The smallest absolute Gasteiger partial charge is 0.215 e. The average Bonchev–Trinajstić information content (AvgIpc) is 3.51. The number of aromatic nitrogens is 3. The van der Waals surface area contributed by atoms with Crippen molar-refractivity contribution in [2.75, 3.05) is 7.11 Å². The molecule has 37 heavy (non-hydrogen) atoms. The monoisotopic (exact) mass is 485 g/mol. The molecule has 6 aromatic rings. The van der Waals surface area contributed by atoms with Crippen molar-refractivity contribution >= 4 is 5.78 Å². The minimum atomic E-state index is -0.688. The van der Waals surface area contributed by atoms with Gasteiger partial charge >= 0.3 is 0 Å². The summed E-state index contributed by atoms with van der Waals surface area (Å²) in [5.74, 6) is 1.57. The lowest BCUT2D eigenvalue weighted by Crippen LogP contribution is -2.10. The Hall–Kier alpha value is -4.61. The van der Waals surface area contributed by atoms with Crippen molar-refractivity contribution < 1.29 is 9.84 Å². The number of fused-ring (bicyclic) bond motifs is 1. The van der Waals surface area contributed by atoms with E-state index in [0.29, 0.717) is 6.54 Å². The van der Waals surface area contributed by atoms with Crippen molar-refractivity contribution in [2.45, 2.75) is 12.6 Å². The molecule has 0 saturated heterocycles. The summed E-state index contributed by atoms with van der Waals surface area (Å²) in [7, 11) is 1.67. The summed E-state index contributed by atoms with van der Waals surface area (Å²) in [6.45, 7) is 0.362. The first-order valence-electron chi connectivity index (χ1n) is 12.3. The molecular weight excluding hydrogens is 458 g/mol. The third-order valence-electron chi connectivity index (χ3n) is 6.70. The van der Waals surface area contributed by atoms with E-state index in [1.165, 1.54) is 0 Å². The van der Waals surface area contributed by atoms with Crippen LogP contribution in [0, 0.1) is 0 Å². The van der Waals surface area contributed by atoms with E-state index in [1.807, 2.05) is 91.0 Å². The minimum Gasteiger partial charge on any atom is -0.497 e. The molecule has 1 atom stereocenters. The maximum absolute atomic E-state index is 11.2. The van der Waals surface area contributed by atoms with Crippen LogP contribution in [0.25, 0.3) is 39.5 Å². The number of aliphatic hydroxyl groups excluding tert-OH is 1. The van der Waals surface area contributed by atoms with Gasteiger partial charge in [0.1, 0.15) is 5.75 Å². The zero-order valence-corrected chi connectivity index (χ0v) is 20.5. The topological polar surface area (TPSA) is 51.7 Å². The van der Waals surface area contributed by atoms with Crippen LogP contribution < -0.4 is 4.74 Å². The van der Waals surface area contributed by atoms with Gasteiger partial charge in [0.05, 0.1) is 36.8 Å². The van der Waals surface area contributed by atoms with E-state index in [1.54, 1.807) is 7.11 Å². The molecule has 0 aliphatic heterocycles. The number of benzene rings is 4. The van der Waals surface area contributed by atoms with Gasteiger partial charge in [-0.1, -0.05) is 91.0 Å². The second-order valence-electron chi connectivity index (χ2n) is 8.99. The number of methoxy groups -OCH3 is 1. The Labute approximate surface area is 215 Å². The number of ether oxygens (including phenoxy) is 1. The van der Waals surface area contributed by atoms with E-state index in [2.05, 4.69) is 39.4 Å². The fraction of sp³-hybridized carbons (Fsp3) is 0.0938.